The fourth-order valence-corrected chi connectivity index (χ4v) is 2.45. The minimum absolute atomic E-state index is 0. The highest BCUT2D eigenvalue weighted by Crippen LogP contribution is 2.14. The smallest absolute Gasteiger partial charge is 0.305 e. The number of unbranched alkanes of at least 4 members (excludes halogenated alkanes) is 1. The molecule has 0 bridgehead atoms. The number of ether oxygens (including phenoxy) is 1. The Morgan fingerprint density at radius 3 is 2.71 bits per heavy atom. The molecule has 138 valence electrons. The molecule has 1 heterocycles. The molecule has 0 aromatic carbocycles. The number of carbonyl (C=O) groups excluding carboxylic acids is 1. The molecule has 0 spiro atoms. The van der Waals surface area contributed by atoms with Gasteiger partial charge in [-0.25, -0.2) is 0 Å². The summed E-state index contributed by atoms with van der Waals surface area (Å²) >= 11 is 6.02. The molecule has 1 aromatic rings. The lowest BCUT2D eigenvalue weighted by Crippen LogP contribution is -2.38. The third-order valence-electron chi connectivity index (χ3n) is 3.45. The van der Waals surface area contributed by atoms with Crippen LogP contribution in [0.3, 0.4) is 0 Å². The van der Waals surface area contributed by atoms with Crippen LogP contribution in [0, 0.1) is 0 Å². The van der Waals surface area contributed by atoms with E-state index >= 15 is 0 Å². The molecule has 0 aliphatic heterocycles. The fourth-order valence-electron chi connectivity index (χ4n) is 2.18. The van der Waals surface area contributed by atoms with Crippen LogP contribution in [0.1, 0.15) is 31.9 Å². The Morgan fingerprint density at radius 1 is 1.46 bits per heavy atom. The zero-order valence-electron chi connectivity index (χ0n) is 14.8. The monoisotopic (exact) mass is 470 g/mol. The molecule has 0 aliphatic carbocycles. The molecule has 1 N–H and O–H groups in total. The topological polar surface area (TPSA) is 58.9 Å². The van der Waals surface area contributed by atoms with Gasteiger partial charge in [0.15, 0.2) is 5.96 Å². The van der Waals surface area contributed by atoms with E-state index in [1.807, 2.05) is 37.8 Å². The van der Waals surface area contributed by atoms with E-state index in [0.717, 1.165) is 42.6 Å². The van der Waals surface area contributed by atoms with Crippen LogP contribution >= 0.6 is 35.6 Å². The maximum absolute atomic E-state index is 11.1. The predicted molar refractivity (Wildman–Crippen MR) is 109 cm³/mol. The van der Waals surface area contributed by atoms with Crippen molar-refractivity contribution < 1.29 is 9.53 Å². The summed E-state index contributed by atoms with van der Waals surface area (Å²) in [5.74, 6) is 0.682. The first kappa shape index (κ1) is 23.0. The van der Waals surface area contributed by atoms with Crippen molar-refractivity contribution in [2.24, 2.45) is 12.0 Å². The molecular formula is C16H28ClIN4O2. The van der Waals surface area contributed by atoms with Gasteiger partial charge < -0.3 is 19.5 Å². The van der Waals surface area contributed by atoms with Gasteiger partial charge in [-0.2, -0.15) is 0 Å². The van der Waals surface area contributed by atoms with Crippen LogP contribution in [0.5, 0.6) is 0 Å². The predicted octanol–water partition coefficient (Wildman–Crippen LogP) is 3.04. The Hall–Kier alpha value is -0.960. The zero-order valence-corrected chi connectivity index (χ0v) is 17.9. The molecule has 1 rings (SSSR count). The Kier molecular flexibility index (Phi) is 11.9. The van der Waals surface area contributed by atoms with Gasteiger partial charge in [0, 0.05) is 45.5 Å². The third kappa shape index (κ3) is 8.23. The van der Waals surface area contributed by atoms with Crippen LogP contribution < -0.4 is 5.32 Å². The molecular weight excluding hydrogens is 443 g/mol. The molecule has 6 nitrogen and oxygen atoms in total. The normalized spacial score (nSPS) is 11.0. The van der Waals surface area contributed by atoms with Gasteiger partial charge in [-0.15, -0.1) is 24.0 Å². The number of hydrogen-bond acceptors (Lipinski definition) is 3. The highest BCUT2D eigenvalue weighted by atomic mass is 127. The second kappa shape index (κ2) is 12.4. The second-order valence-electron chi connectivity index (χ2n) is 5.39. The molecule has 0 amide bonds. The van der Waals surface area contributed by atoms with Gasteiger partial charge in [-0.1, -0.05) is 11.6 Å². The number of methoxy groups -OCH3 is 1. The standard InChI is InChI=1S/C16H27ClN4O2.HI/c1-5-18-16(19-9-7-6-8-15(22)23-4)21(3)12-14-10-13(17)11-20(14)2;/h10-11H,5-9,12H2,1-4H3,(H,18,19);1H. The van der Waals surface area contributed by atoms with Crippen molar-refractivity contribution in [1.82, 2.24) is 14.8 Å². The van der Waals surface area contributed by atoms with Crippen molar-refractivity contribution in [2.45, 2.75) is 32.7 Å². The minimum Gasteiger partial charge on any atom is -0.469 e. The molecule has 1 aromatic heterocycles. The highest BCUT2D eigenvalue weighted by Gasteiger charge is 2.09. The maximum Gasteiger partial charge on any atom is 0.305 e. The van der Waals surface area contributed by atoms with E-state index in [2.05, 4.69) is 19.9 Å². The lowest BCUT2D eigenvalue weighted by atomic mass is 10.2. The molecule has 24 heavy (non-hydrogen) atoms. The highest BCUT2D eigenvalue weighted by molar-refractivity contribution is 14.0. The SMILES string of the molecule is CCNC(=NCCCCC(=O)OC)N(C)Cc1cc(Cl)cn1C.I. The van der Waals surface area contributed by atoms with Gasteiger partial charge in [0.25, 0.3) is 0 Å². The van der Waals surface area contributed by atoms with E-state index in [4.69, 9.17) is 11.6 Å². The van der Waals surface area contributed by atoms with Crippen molar-refractivity contribution >= 4 is 47.5 Å². The Labute approximate surface area is 166 Å². The number of rotatable bonds is 8. The van der Waals surface area contributed by atoms with Crippen molar-refractivity contribution in [1.29, 1.82) is 0 Å². The number of esters is 1. The number of nitrogens with one attached hydrogen (secondary N) is 1. The Morgan fingerprint density at radius 2 is 2.17 bits per heavy atom. The van der Waals surface area contributed by atoms with Gasteiger partial charge in [0.05, 0.1) is 18.7 Å². The van der Waals surface area contributed by atoms with Crippen molar-refractivity contribution in [3.63, 3.8) is 0 Å². The number of guanidine groups is 1. The van der Waals surface area contributed by atoms with E-state index in [9.17, 15) is 4.79 Å². The number of aryl methyl sites for hydroxylation is 1. The number of carbonyl (C=O) groups is 1. The average molecular weight is 471 g/mol. The van der Waals surface area contributed by atoms with Gasteiger partial charge in [0.1, 0.15) is 0 Å². The van der Waals surface area contributed by atoms with Crippen molar-refractivity contribution in [2.75, 3.05) is 27.2 Å². The van der Waals surface area contributed by atoms with Crippen molar-refractivity contribution in [3.05, 3.63) is 23.0 Å². The minimum atomic E-state index is -0.168. The summed E-state index contributed by atoms with van der Waals surface area (Å²) in [5, 5.41) is 4.02. The first-order valence-electron chi connectivity index (χ1n) is 7.85. The van der Waals surface area contributed by atoms with Gasteiger partial charge in [-0.05, 0) is 25.8 Å². The van der Waals surface area contributed by atoms with E-state index < -0.39 is 0 Å². The van der Waals surface area contributed by atoms with E-state index in [0.29, 0.717) is 13.0 Å². The van der Waals surface area contributed by atoms with Crippen LogP contribution in [-0.4, -0.2) is 48.6 Å². The zero-order chi connectivity index (χ0) is 17.2. The van der Waals surface area contributed by atoms with Gasteiger partial charge in [-0.3, -0.25) is 9.79 Å². The number of aliphatic imine (C=N–C) groups is 1. The second-order valence-corrected chi connectivity index (χ2v) is 5.82. The molecule has 0 saturated carbocycles. The lowest BCUT2D eigenvalue weighted by Gasteiger charge is -2.22. The fraction of sp³-hybridized carbons (Fsp3) is 0.625. The molecule has 8 heteroatoms. The van der Waals surface area contributed by atoms with E-state index in [1.54, 1.807) is 0 Å². The third-order valence-corrected chi connectivity index (χ3v) is 3.66. The molecule has 0 fully saturated rings. The first-order valence-corrected chi connectivity index (χ1v) is 8.22. The van der Waals surface area contributed by atoms with Crippen LogP contribution in [0.4, 0.5) is 0 Å². The van der Waals surface area contributed by atoms with Gasteiger partial charge >= 0.3 is 5.97 Å². The maximum atomic E-state index is 11.1. The molecule has 0 aliphatic rings. The summed E-state index contributed by atoms with van der Waals surface area (Å²) in [4.78, 5) is 17.7. The summed E-state index contributed by atoms with van der Waals surface area (Å²) in [6, 6.07) is 1.96. The quantitative estimate of drug-likeness (QED) is 0.209. The number of nitrogens with zero attached hydrogens (tertiary/aromatic N) is 3. The van der Waals surface area contributed by atoms with Crippen molar-refractivity contribution in [3.8, 4) is 0 Å². The molecule has 0 unspecified atom stereocenters. The average Bonchev–Trinajstić information content (AvgIpc) is 2.83. The molecule has 0 saturated heterocycles. The van der Waals surface area contributed by atoms with Crippen LogP contribution in [-0.2, 0) is 23.1 Å². The summed E-state index contributed by atoms with van der Waals surface area (Å²) in [7, 11) is 5.39. The van der Waals surface area contributed by atoms with E-state index in [1.165, 1.54) is 7.11 Å². The summed E-state index contributed by atoms with van der Waals surface area (Å²) < 4.78 is 6.64. The van der Waals surface area contributed by atoms with Gasteiger partial charge in [0.2, 0.25) is 0 Å². The summed E-state index contributed by atoms with van der Waals surface area (Å²) in [6.07, 6.45) is 3.97. The number of aromatic nitrogens is 1. The number of halogens is 2. The molecule has 0 radical (unpaired) electrons. The van der Waals surface area contributed by atoms with Crippen LogP contribution in [0.2, 0.25) is 5.02 Å². The Bertz CT molecular complexity index is 534. The molecule has 0 atom stereocenters. The first-order chi connectivity index (χ1) is 11.0. The Balaban J connectivity index is 0.00000529. The summed E-state index contributed by atoms with van der Waals surface area (Å²) in [6.45, 7) is 4.24. The van der Waals surface area contributed by atoms with Crippen LogP contribution in [0.15, 0.2) is 17.3 Å². The van der Waals surface area contributed by atoms with E-state index in [-0.39, 0.29) is 29.9 Å². The lowest BCUT2D eigenvalue weighted by molar-refractivity contribution is -0.140. The largest absolute Gasteiger partial charge is 0.469 e. The number of hydrogen-bond donors (Lipinski definition) is 1. The van der Waals surface area contributed by atoms with Crippen LogP contribution in [0.25, 0.3) is 0 Å². The summed E-state index contributed by atoms with van der Waals surface area (Å²) in [5.41, 5.74) is 1.12.